The van der Waals surface area contributed by atoms with Crippen molar-refractivity contribution in [3.63, 3.8) is 0 Å². The van der Waals surface area contributed by atoms with Gasteiger partial charge in [0.05, 0.1) is 12.1 Å². The number of hydrogen-bond donors (Lipinski definition) is 3. The third-order valence-electron chi connectivity index (χ3n) is 2.92. The van der Waals surface area contributed by atoms with E-state index in [9.17, 15) is 0 Å². The summed E-state index contributed by atoms with van der Waals surface area (Å²) in [5.41, 5.74) is 6.09. The van der Waals surface area contributed by atoms with E-state index >= 15 is 0 Å². The van der Waals surface area contributed by atoms with E-state index in [-0.39, 0.29) is 6.04 Å². The number of nitrogens with one attached hydrogen (secondary N) is 2. The first kappa shape index (κ1) is 16.9. The van der Waals surface area contributed by atoms with Gasteiger partial charge in [-0.1, -0.05) is 6.92 Å². The van der Waals surface area contributed by atoms with E-state index < -0.39 is 0 Å². The number of nitriles is 2. The second-order valence-electron chi connectivity index (χ2n) is 4.55. The van der Waals surface area contributed by atoms with Gasteiger partial charge in [0.15, 0.2) is 0 Å². The Hall–Kier alpha value is -1.14. The topological polar surface area (TPSA) is 97.7 Å². The highest BCUT2D eigenvalue weighted by molar-refractivity contribution is 4.75. The van der Waals surface area contributed by atoms with E-state index in [1.54, 1.807) is 0 Å². The Bertz CT molecular complexity index is 266. The van der Waals surface area contributed by atoms with E-state index in [0.29, 0.717) is 18.8 Å². The minimum absolute atomic E-state index is 0.192. The number of hydrogen-bond acceptors (Lipinski definition) is 5. The maximum atomic E-state index is 8.40. The van der Waals surface area contributed by atoms with Crippen LogP contribution in [0.2, 0.25) is 0 Å². The molecule has 0 aliphatic heterocycles. The molecule has 0 aliphatic carbocycles. The minimum atomic E-state index is 0.192. The molecule has 2 atom stereocenters. The summed E-state index contributed by atoms with van der Waals surface area (Å²) in [5, 5.41) is 23.2. The van der Waals surface area contributed by atoms with Gasteiger partial charge < -0.3 is 16.4 Å². The molecule has 0 aromatic carbocycles. The third kappa shape index (κ3) is 10.0. The molecule has 0 saturated heterocycles. The van der Waals surface area contributed by atoms with Gasteiger partial charge in [-0.2, -0.15) is 10.5 Å². The van der Waals surface area contributed by atoms with Gasteiger partial charge in [0.2, 0.25) is 0 Å². The average molecular weight is 251 g/mol. The molecule has 18 heavy (non-hydrogen) atoms. The highest BCUT2D eigenvalue weighted by Crippen LogP contribution is 2.05. The molecule has 2 unspecified atom stereocenters. The van der Waals surface area contributed by atoms with Crippen LogP contribution in [0.25, 0.3) is 0 Å². The van der Waals surface area contributed by atoms with Crippen molar-refractivity contribution < 1.29 is 0 Å². The molecule has 0 bridgehead atoms. The Labute approximate surface area is 110 Å². The molecular weight excluding hydrogens is 226 g/mol. The Morgan fingerprint density at radius 1 is 1.06 bits per heavy atom. The molecule has 4 N–H and O–H groups in total. The van der Waals surface area contributed by atoms with Crippen molar-refractivity contribution in [2.75, 3.05) is 26.2 Å². The van der Waals surface area contributed by atoms with Gasteiger partial charge in [0.1, 0.15) is 0 Å². The average Bonchev–Trinajstić information content (AvgIpc) is 2.38. The normalized spacial score (nSPS) is 13.6. The van der Waals surface area contributed by atoms with Gasteiger partial charge >= 0.3 is 0 Å². The van der Waals surface area contributed by atoms with Gasteiger partial charge in [0, 0.05) is 32.0 Å². The van der Waals surface area contributed by atoms with Crippen molar-refractivity contribution in [3.8, 4) is 12.1 Å². The third-order valence-corrected chi connectivity index (χ3v) is 2.92. The maximum absolute atomic E-state index is 8.40. The van der Waals surface area contributed by atoms with Crippen LogP contribution in [0, 0.1) is 28.6 Å². The molecule has 0 amide bonds. The lowest BCUT2D eigenvalue weighted by Gasteiger charge is -2.20. The lowest BCUT2D eigenvalue weighted by atomic mass is 9.98. The number of nitrogens with two attached hydrogens (primary N) is 1. The van der Waals surface area contributed by atoms with Crippen LogP contribution in [0.15, 0.2) is 0 Å². The van der Waals surface area contributed by atoms with Gasteiger partial charge in [-0.3, -0.25) is 0 Å². The van der Waals surface area contributed by atoms with Crippen molar-refractivity contribution >= 4 is 0 Å². The molecular formula is C13H25N5. The fourth-order valence-electron chi connectivity index (χ4n) is 1.64. The highest BCUT2D eigenvalue weighted by Gasteiger charge is 2.11. The zero-order valence-corrected chi connectivity index (χ0v) is 11.3. The molecule has 5 heteroatoms. The molecule has 0 rings (SSSR count). The monoisotopic (exact) mass is 251 g/mol. The number of rotatable bonds is 11. The molecule has 0 spiro atoms. The summed E-state index contributed by atoms with van der Waals surface area (Å²) in [6.45, 7) is 5.42. The van der Waals surface area contributed by atoms with Gasteiger partial charge in [-0.15, -0.1) is 0 Å². The zero-order valence-electron chi connectivity index (χ0n) is 11.3. The molecule has 0 aromatic heterocycles. The van der Waals surface area contributed by atoms with Gasteiger partial charge in [0.25, 0.3) is 0 Å². The second kappa shape index (κ2) is 12.3. The van der Waals surface area contributed by atoms with Crippen molar-refractivity contribution in [2.45, 2.75) is 38.6 Å². The van der Waals surface area contributed by atoms with Crippen molar-refractivity contribution in [3.05, 3.63) is 0 Å². The summed E-state index contributed by atoms with van der Waals surface area (Å²) in [5.74, 6) is 0.419. The van der Waals surface area contributed by atoms with Crippen LogP contribution in [0.1, 0.15) is 32.6 Å². The number of nitrogens with zero attached hydrogens (tertiary/aromatic N) is 2. The Balaban J connectivity index is 3.42. The van der Waals surface area contributed by atoms with Crippen molar-refractivity contribution in [1.29, 1.82) is 10.5 Å². The zero-order chi connectivity index (χ0) is 13.6. The van der Waals surface area contributed by atoms with Crippen molar-refractivity contribution in [1.82, 2.24) is 10.6 Å². The Morgan fingerprint density at radius 3 is 2.28 bits per heavy atom. The van der Waals surface area contributed by atoms with E-state index in [2.05, 4.69) is 29.7 Å². The van der Waals surface area contributed by atoms with Crippen LogP contribution >= 0.6 is 0 Å². The van der Waals surface area contributed by atoms with Crippen LogP contribution in [0.3, 0.4) is 0 Å². The second-order valence-corrected chi connectivity index (χ2v) is 4.55. The van der Waals surface area contributed by atoms with Crippen LogP contribution in [0.4, 0.5) is 0 Å². The molecule has 102 valence electrons. The van der Waals surface area contributed by atoms with Crippen LogP contribution in [-0.4, -0.2) is 32.2 Å². The lowest BCUT2D eigenvalue weighted by molar-refractivity contribution is 0.397. The molecule has 0 heterocycles. The summed E-state index contributed by atoms with van der Waals surface area (Å²) in [6, 6.07) is 4.40. The van der Waals surface area contributed by atoms with E-state index in [1.807, 2.05) is 0 Å². The highest BCUT2D eigenvalue weighted by atomic mass is 14.9. The smallest absolute Gasteiger partial charge is 0.0635 e. The van der Waals surface area contributed by atoms with Crippen LogP contribution < -0.4 is 16.4 Å². The summed E-state index contributed by atoms with van der Waals surface area (Å²) in [4.78, 5) is 0. The Morgan fingerprint density at radius 2 is 1.67 bits per heavy atom. The Kier molecular flexibility index (Phi) is 11.5. The quantitative estimate of drug-likeness (QED) is 0.470. The maximum Gasteiger partial charge on any atom is 0.0635 e. The van der Waals surface area contributed by atoms with E-state index in [0.717, 1.165) is 39.0 Å². The lowest BCUT2D eigenvalue weighted by Crippen LogP contribution is -2.36. The van der Waals surface area contributed by atoms with Crippen molar-refractivity contribution in [2.24, 2.45) is 11.7 Å². The standard InChI is InChI=1S/C13H25N5/c1-12(11-18-10-4-7-15)13(16)5-2-8-17-9-3-6-14/h12-13,17-18H,2-5,8-11,16H2,1H3. The fourth-order valence-corrected chi connectivity index (χ4v) is 1.64. The van der Waals surface area contributed by atoms with Crippen LogP contribution in [-0.2, 0) is 0 Å². The molecule has 5 nitrogen and oxygen atoms in total. The minimum Gasteiger partial charge on any atom is -0.327 e. The molecule has 0 fully saturated rings. The fraction of sp³-hybridized carbons (Fsp3) is 0.846. The molecule has 0 aromatic rings. The first-order chi connectivity index (χ1) is 8.72. The van der Waals surface area contributed by atoms with Crippen LogP contribution in [0.5, 0.6) is 0 Å². The molecule has 0 aliphatic rings. The van der Waals surface area contributed by atoms with E-state index in [1.165, 1.54) is 0 Å². The molecule has 0 saturated carbocycles. The molecule has 0 radical (unpaired) electrons. The SMILES string of the molecule is CC(CNCCC#N)C(N)CCCNCCC#N. The predicted octanol–water partition coefficient (Wildman–Crippen LogP) is 0.737. The summed E-state index contributed by atoms with van der Waals surface area (Å²) in [6.07, 6.45) is 3.13. The summed E-state index contributed by atoms with van der Waals surface area (Å²) >= 11 is 0. The summed E-state index contributed by atoms with van der Waals surface area (Å²) in [7, 11) is 0. The first-order valence-electron chi connectivity index (χ1n) is 6.63. The predicted molar refractivity (Wildman–Crippen MR) is 72.6 cm³/mol. The van der Waals surface area contributed by atoms with E-state index in [4.69, 9.17) is 16.3 Å². The first-order valence-corrected chi connectivity index (χ1v) is 6.63. The van der Waals surface area contributed by atoms with Gasteiger partial charge in [-0.05, 0) is 31.8 Å². The van der Waals surface area contributed by atoms with Gasteiger partial charge in [-0.25, -0.2) is 0 Å². The summed E-state index contributed by atoms with van der Waals surface area (Å²) < 4.78 is 0. The largest absolute Gasteiger partial charge is 0.327 e.